The number of benzene rings is 1. The summed E-state index contributed by atoms with van der Waals surface area (Å²) in [4.78, 5) is 13.6. The quantitative estimate of drug-likeness (QED) is 0.723. The van der Waals surface area contributed by atoms with E-state index in [-0.39, 0.29) is 25.3 Å². The molecule has 0 N–H and O–H groups in total. The molecule has 0 fully saturated rings. The van der Waals surface area contributed by atoms with Gasteiger partial charge in [-0.25, -0.2) is 0 Å². The molecule has 0 atom stereocenters. The largest absolute Gasteiger partial charge is 0.340 e. The molecule has 0 aliphatic rings. The second-order valence-electron chi connectivity index (χ2n) is 3.89. The van der Waals surface area contributed by atoms with Crippen LogP contribution in [-0.4, -0.2) is 32.3 Å². The molecule has 0 spiro atoms. The molecule has 106 valence electrons. The Morgan fingerprint density at radius 3 is 2.16 bits per heavy atom. The fraction of sp³-hybridized carbons (Fsp3) is 0.462. The standard InChI is InChI=1S/C13H20NO4P/c1-4-17-19(16,18-5-2)11-13(15)14(3)12-9-7-6-8-10-12/h6-10H,4-5,11H2,1-3H3. The summed E-state index contributed by atoms with van der Waals surface area (Å²) in [6.45, 7) is 3.94. The first-order valence-electron chi connectivity index (χ1n) is 6.22. The van der Waals surface area contributed by atoms with Crippen molar-refractivity contribution >= 4 is 19.2 Å². The zero-order valence-corrected chi connectivity index (χ0v) is 12.4. The van der Waals surface area contributed by atoms with E-state index in [9.17, 15) is 9.36 Å². The maximum absolute atomic E-state index is 12.3. The van der Waals surface area contributed by atoms with Crippen LogP contribution in [0.15, 0.2) is 30.3 Å². The summed E-state index contributed by atoms with van der Waals surface area (Å²) in [7, 11) is -1.70. The van der Waals surface area contributed by atoms with Crippen LogP contribution in [0.25, 0.3) is 0 Å². The van der Waals surface area contributed by atoms with Crippen molar-refractivity contribution in [2.24, 2.45) is 0 Å². The highest BCUT2D eigenvalue weighted by molar-refractivity contribution is 7.54. The second kappa shape index (κ2) is 7.43. The minimum absolute atomic E-state index is 0.250. The Hall–Kier alpha value is -1.16. The fourth-order valence-electron chi connectivity index (χ4n) is 1.59. The summed E-state index contributed by atoms with van der Waals surface area (Å²) in [6.07, 6.45) is -0.250. The zero-order chi connectivity index (χ0) is 14.3. The molecule has 6 heteroatoms. The summed E-state index contributed by atoms with van der Waals surface area (Å²) in [5, 5.41) is 0. The molecule has 0 aliphatic carbocycles. The van der Waals surface area contributed by atoms with Gasteiger partial charge in [0.25, 0.3) is 0 Å². The maximum Gasteiger partial charge on any atom is 0.340 e. The number of hydrogen-bond donors (Lipinski definition) is 0. The van der Waals surface area contributed by atoms with Gasteiger partial charge in [-0.05, 0) is 26.0 Å². The Kier molecular flexibility index (Phi) is 6.22. The van der Waals surface area contributed by atoms with Crippen LogP contribution in [0.5, 0.6) is 0 Å². The first-order valence-corrected chi connectivity index (χ1v) is 7.95. The molecule has 19 heavy (non-hydrogen) atoms. The number of carbonyl (C=O) groups excluding carboxylic acids is 1. The minimum atomic E-state index is -3.34. The SMILES string of the molecule is CCOP(=O)(CC(=O)N(C)c1ccccc1)OCC. The first-order chi connectivity index (χ1) is 9.02. The highest BCUT2D eigenvalue weighted by Gasteiger charge is 2.29. The van der Waals surface area contributed by atoms with Crippen molar-refractivity contribution in [3.05, 3.63) is 30.3 Å². The lowest BCUT2D eigenvalue weighted by Gasteiger charge is -2.21. The molecule has 0 saturated heterocycles. The monoisotopic (exact) mass is 285 g/mol. The van der Waals surface area contributed by atoms with Crippen LogP contribution in [0.2, 0.25) is 0 Å². The third kappa shape index (κ3) is 4.78. The van der Waals surface area contributed by atoms with Crippen LogP contribution >= 0.6 is 7.60 Å². The van der Waals surface area contributed by atoms with Crippen LogP contribution in [0.1, 0.15) is 13.8 Å². The number of anilines is 1. The van der Waals surface area contributed by atoms with Crippen LogP contribution in [0.3, 0.4) is 0 Å². The van der Waals surface area contributed by atoms with Gasteiger partial charge in [-0.3, -0.25) is 9.36 Å². The van der Waals surface area contributed by atoms with E-state index in [1.165, 1.54) is 4.90 Å². The number of rotatable bonds is 7. The van der Waals surface area contributed by atoms with Gasteiger partial charge in [0, 0.05) is 12.7 Å². The van der Waals surface area contributed by atoms with Gasteiger partial charge in [-0.1, -0.05) is 18.2 Å². The predicted molar refractivity (Wildman–Crippen MR) is 75.6 cm³/mol. The smallest absolute Gasteiger partial charge is 0.315 e. The fourth-order valence-corrected chi connectivity index (χ4v) is 3.18. The minimum Gasteiger partial charge on any atom is -0.315 e. The topological polar surface area (TPSA) is 55.8 Å². The Labute approximate surface area is 114 Å². The van der Waals surface area contributed by atoms with Gasteiger partial charge in [-0.15, -0.1) is 0 Å². The van der Waals surface area contributed by atoms with Crippen molar-refractivity contribution in [1.29, 1.82) is 0 Å². The van der Waals surface area contributed by atoms with Crippen molar-refractivity contribution in [3.63, 3.8) is 0 Å². The van der Waals surface area contributed by atoms with E-state index in [1.807, 2.05) is 30.3 Å². The van der Waals surface area contributed by atoms with Crippen LogP contribution < -0.4 is 4.90 Å². The lowest BCUT2D eigenvalue weighted by atomic mass is 10.3. The van der Waals surface area contributed by atoms with Gasteiger partial charge >= 0.3 is 7.60 Å². The van der Waals surface area contributed by atoms with Crippen molar-refractivity contribution in [3.8, 4) is 0 Å². The number of carbonyl (C=O) groups is 1. The third-order valence-electron chi connectivity index (χ3n) is 2.50. The van der Waals surface area contributed by atoms with E-state index in [0.29, 0.717) is 0 Å². The molecule has 0 radical (unpaired) electrons. The number of nitrogens with zero attached hydrogens (tertiary/aromatic N) is 1. The predicted octanol–water partition coefficient (Wildman–Crippen LogP) is 2.92. The molecular formula is C13H20NO4P. The van der Waals surface area contributed by atoms with E-state index < -0.39 is 7.60 Å². The molecule has 1 rings (SSSR count). The van der Waals surface area contributed by atoms with Gasteiger partial charge in [0.2, 0.25) is 5.91 Å². The summed E-state index contributed by atoms with van der Waals surface area (Å²) in [5.74, 6) is -0.295. The molecule has 0 bridgehead atoms. The van der Waals surface area contributed by atoms with Gasteiger partial charge in [-0.2, -0.15) is 0 Å². The number of amides is 1. The van der Waals surface area contributed by atoms with E-state index >= 15 is 0 Å². The lowest BCUT2D eigenvalue weighted by molar-refractivity contribution is -0.116. The molecule has 0 unspecified atom stereocenters. The Morgan fingerprint density at radius 2 is 1.68 bits per heavy atom. The highest BCUT2D eigenvalue weighted by atomic mass is 31.2. The van der Waals surface area contributed by atoms with Crippen LogP contribution in [0, 0.1) is 0 Å². The molecule has 0 saturated carbocycles. The van der Waals surface area contributed by atoms with Crippen molar-refractivity contribution in [2.45, 2.75) is 13.8 Å². The van der Waals surface area contributed by atoms with Crippen molar-refractivity contribution < 1.29 is 18.4 Å². The van der Waals surface area contributed by atoms with E-state index in [2.05, 4.69) is 0 Å². The Balaban J connectivity index is 2.75. The van der Waals surface area contributed by atoms with Gasteiger partial charge < -0.3 is 13.9 Å². The van der Waals surface area contributed by atoms with Crippen molar-refractivity contribution in [1.82, 2.24) is 0 Å². The maximum atomic E-state index is 12.3. The summed E-state index contributed by atoms with van der Waals surface area (Å²) < 4.78 is 22.5. The molecule has 1 amide bonds. The molecule has 1 aromatic carbocycles. The summed E-state index contributed by atoms with van der Waals surface area (Å²) in [6, 6.07) is 9.16. The zero-order valence-electron chi connectivity index (χ0n) is 11.5. The Morgan fingerprint density at radius 1 is 1.16 bits per heavy atom. The van der Waals surface area contributed by atoms with Gasteiger partial charge in [0.05, 0.1) is 13.2 Å². The van der Waals surface area contributed by atoms with E-state index in [4.69, 9.17) is 9.05 Å². The summed E-state index contributed by atoms with van der Waals surface area (Å²) in [5.41, 5.74) is 0.743. The van der Waals surface area contributed by atoms with E-state index in [1.54, 1.807) is 20.9 Å². The molecule has 1 aromatic rings. The molecular weight excluding hydrogens is 265 g/mol. The lowest BCUT2D eigenvalue weighted by Crippen LogP contribution is -2.29. The third-order valence-corrected chi connectivity index (χ3v) is 4.46. The summed E-state index contributed by atoms with van der Waals surface area (Å²) >= 11 is 0. The first kappa shape index (κ1) is 15.9. The van der Waals surface area contributed by atoms with Crippen LogP contribution in [0.4, 0.5) is 5.69 Å². The van der Waals surface area contributed by atoms with E-state index in [0.717, 1.165) is 5.69 Å². The molecule has 0 aliphatic heterocycles. The number of hydrogen-bond acceptors (Lipinski definition) is 4. The average molecular weight is 285 g/mol. The second-order valence-corrected chi connectivity index (χ2v) is 5.95. The van der Waals surface area contributed by atoms with Gasteiger partial charge in [0.15, 0.2) is 0 Å². The Bertz CT molecular complexity index is 439. The molecule has 0 aromatic heterocycles. The van der Waals surface area contributed by atoms with Crippen molar-refractivity contribution in [2.75, 3.05) is 31.3 Å². The molecule has 5 nitrogen and oxygen atoms in total. The van der Waals surface area contributed by atoms with Gasteiger partial charge in [0.1, 0.15) is 6.16 Å². The highest BCUT2D eigenvalue weighted by Crippen LogP contribution is 2.48. The normalized spacial score (nSPS) is 11.3. The molecule has 0 heterocycles. The average Bonchev–Trinajstić information content (AvgIpc) is 2.39. The number of para-hydroxylation sites is 1. The van der Waals surface area contributed by atoms with Crippen LogP contribution in [-0.2, 0) is 18.4 Å².